The predicted molar refractivity (Wildman–Crippen MR) is 49.8 cm³/mol. The molecule has 0 aliphatic carbocycles. The van der Waals surface area contributed by atoms with Crippen LogP contribution in [0.3, 0.4) is 0 Å². The van der Waals surface area contributed by atoms with Crippen molar-refractivity contribution in [2.24, 2.45) is 5.73 Å². The van der Waals surface area contributed by atoms with Gasteiger partial charge in [0.05, 0.1) is 19.6 Å². The van der Waals surface area contributed by atoms with Crippen LogP contribution in [0.4, 0.5) is 0 Å². The van der Waals surface area contributed by atoms with Crippen LogP contribution in [0.2, 0.25) is 0 Å². The van der Waals surface area contributed by atoms with Gasteiger partial charge in [-0.2, -0.15) is 0 Å². The summed E-state index contributed by atoms with van der Waals surface area (Å²) in [6.45, 7) is 1.41. The molecule has 0 aliphatic rings. The lowest BCUT2D eigenvalue weighted by atomic mass is 10.2. The fourth-order valence-corrected chi connectivity index (χ4v) is 0.753. The van der Waals surface area contributed by atoms with E-state index in [0.717, 1.165) is 7.11 Å². The van der Waals surface area contributed by atoms with E-state index in [-0.39, 0.29) is 0 Å². The van der Waals surface area contributed by atoms with Crippen LogP contribution in [-0.2, 0) is 19.1 Å². The number of carbonyl (C=O) groups excluding carboxylic acids is 2. The van der Waals surface area contributed by atoms with Gasteiger partial charge in [0, 0.05) is 0 Å². The lowest BCUT2D eigenvalue weighted by Crippen LogP contribution is -2.48. The number of esters is 1. The van der Waals surface area contributed by atoms with E-state index in [1.54, 1.807) is 0 Å². The maximum atomic E-state index is 11.1. The number of methoxy groups -OCH3 is 1. The molecule has 2 atom stereocenters. The third-order valence-electron chi connectivity index (χ3n) is 1.63. The lowest BCUT2D eigenvalue weighted by molar-refractivity contribution is -0.148. The van der Waals surface area contributed by atoms with Crippen molar-refractivity contribution >= 4 is 17.8 Å². The van der Waals surface area contributed by atoms with Crippen molar-refractivity contribution in [1.29, 1.82) is 0 Å². The second-order valence-electron chi connectivity index (χ2n) is 2.97. The topological polar surface area (TPSA) is 119 Å². The standard InChI is InChI=1S/C8H14N2O5/c1-4(9)7(12)10-5(8(13)14)3-6(11)15-2/h4-5H,3,9H2,1-2H3,(H,10,12)(H,13,14)/t4?,5-/m0/s1. The maximum absolute atomic E-state index is 11.1. The van der Waals surface area contributed by atoms with Crippen LogP contribution < -0.4 is 11.1 Å². The summed E-state index contributed by atoms with van der Waals surface area (Å²) in [5, 5.41) is 10.8. The third-order valence-corrected chi connectivity index (χ3v) is 1.63. The van der Waals surface area contributed by atoms with Crippen molar-refractivity contribution in [2.75, 3.05) is 7.11 Å². The molecule has 0 bridgehead atoms. The number of carbonyl (C=O) groups is 3. The summed E-state index contributed by atoms with van der Waals surface area (Å²) < 4.78 is 4.29. The molecule has 7 nitrogen and oxygen atoms in total. The van der Waals surface area contributed by atoms with E-state index >= 15 is 0 Å². The maximum Gasteiger partial charge on any atom is 0.326 e. The van der Waals surface area contributed by atoms with Gasteiger partial charge in [-0.1, -0.05) is 0 Å². The van der Waals surface area contributed by atoms with Crippen LogP contribution in [0.1, 0.15) is 13.3 Å². The number of carboxylic acids is 1. The van der Waals surface area contributed by atoms with E-state index < -0.39 is 36.4 Å². The van der Waals surface area contributed by atoms with Crippen molar-refractivity contribution in [2.45, 2.75) is 25.4 Å². The minimum atomic E-state index is -1.31. The molecule has 86 valence electrons. The summed E-state index contributed by atoms with van der Waals surface area (Å²) >= 11 is 0. The Labute approximate surface area is 86.6 Å². The lowest BCUT2D eigenvalue weighted by Gasteiger charge is -2.14. The zero-order valence-electron chi connectivity index (χ0n) is 8.52. The monoisotopic (exact) mass is 218 g/mol. The molecule has 0 aliphatic heterocycles. The summed E-state index contributed by atoms with van der Waals surface area (Å²) in [5.74, 6) is -2.66. The first-order valence-corrected chi connectivity index (χ1v) is 4.24. The van der Waals surface area contributed by atoms with Gasteiger partial charge in [0.25, 0.3) is 0 Å². The first-order chi connectivity index (χ1) is 6.88. The molecule has 7 heteroatoms. The second-order valence-corrected chi connectivity index (χ2v) is 2.97. The van der Waals surface area contributed by atoms with E-state index in [2.05, 4.69) is 10.1 Å². The van der Waals surface area contributed by atoms with Gasteiger partial charge in [-0.15, -0.1) is 0 Å². The highest BCUT2D eigenvalue weighted by Gasteiger charge is 2.24. The fraction of sp³-hybridized carbons (Fsp3) is 0.625. The molecule has 0 rings (SSSR count). The van der Waals surface area contributed by atoms with Crippen LogP contribution in [-0.4, -0.2) is 42.1 Å². The SMILES string of the molecule is COC(=O)C[C@H](NC(=O)C(C)N)C(=O)O. The van der Waals surface area contributed by atoms with Crippen molar-refractivity contribution in [3.05, 3.63) is 0 Å². The molecule has 0 heterocycles. The van der Waals surface area contributed by atoms with E-state index in [4.69, 9.17) is 10.8 Å². The van der Waals surface area contributed by atoms with Crippen LogP contribution in [0.25, 0.3) is 0 Å². The van der Waals surface area contributed by atoms with E-state index in [9.17, 15) is 14.4 Å². The molecule has 0 aromatic carbocycles. The largest absolute Gasteiger partial charge is 0.480 e. The second kappa shape index (κ2) is 5.97. The Morgan fingerprint density at radius 1 is 1.47 bits per heavy atom. The molecule has 15 heavy (non-hydrogen) atoms. The van der Waals surface area contributed by atoms with Gasteiger partial charge in [0.2, 0.25) is 5.91 Å². The highest BCUT2D eigenvalue weighted by molar-refractivity contribution is 5.89. The molecule has 0 saturated heterocycles. The third kappa shape index (κ3) is 4.96. The zero-order valence-corrected chi connectivity index (χ0v) is 8.52. The van der Waals surface area contributed by atoms with Crippen LogP contribution >= 0.6 is 0 Å². The van der Waals surface area contributed by atoms with Gasteiger partial charge >= 0.3 is 11.9 Å². The molecule has 0 aromatic heterocycles. The quantitative estimate of drug-likeness (QED) is 0.481. The van der Waals surface area contributed by atoms with Crippen molar-refractivity contribution in [1.82, 2.24) is 5.32 Å². The number of amides is 1. The van der Waals surface area contributed by atoms with E-state index in [1.165, 1.54) is 6.92 Å². The summed E-state index contributed by atoms with van der Waals surface area (Å²) in [6, 6.07) is -2.14. The minimum Gasteiger partial charge on any atom is -0.480 e. The van der Waals surface area contributed by atoms with Crippen molar-refractivity contribution in [3.8, 4) is 0 Å². The number of nitrogens with two attached hydrogens (primary N) is 1. The van der Waals surface area contributed by atoms with Gasteiger partial charge in [-0.25, -0.2) is 4.79 Å². The first kappa shape index (κ1) is 13.4. The minimum absolute atomic E-state index is 0.426. The van der Waals surface area contributed by atoms with Crippen LogP contribution in [0.15, 0.2) is 0 Å². The van der Waals surface area contributed by atoms with Gasteiger partial charge in [0.15, 0.2) is 0 Å². The Hall–Kier alpha value is -1.63. The Balaban J connectivity index is 4.35. The Morgan fingerprint density at radius 2 is 2.00 bits per heavy atom. The van der Waals surface area contributed by atoms with Gasteiger partial charge in [-0.3, -0.25) is 9.59 Å². The fourth-order valence-electron chi connectivity index (χ4n) is 0.753. The molecule has 0 radical (unpaired) electrons. The summed E-state index contributed by atoms with van der Waals surface area (Å²) in [6.07, 6.45) is -0.426. The highest BCUT2D eigenvalue weighted by atomic mass is 16.5. The number of ether oxygens (including phenoxy) is 1. The van der Waals surface area contributed by atoms with Crippen LogP contribution in [0, 0.1) is 0 Å². The first-order valence-electron chi connectivity index (χ1n) is 4.24. The van der Waals surface area contributed by atoms with E-state index in [1.807, 2.05) is 0 Å². The Bertz CT molecular complexity index is 264. The molecule has 0 saturated carbocycles. The van der Waals surface area contributed by atoms with Gasteiger partial charge < -0.3 is 20.9 Å². The van der Waals surface area contributed by atoms with Crippen molar-refractivity contribution in [3.63, 3.8) is 0 Å². The smallest absolute Gasteiger partial charge is 0.326 e. The average molecular weight is 218 g/mol. The number of aliphatic carboxylic acids is 1. The molecule has 1 amide bonds. The summed E-state index contributed by atoms with van der Waals surface area (Å²) in [5.41, 5.74) is 5.23. The summed E-state index contributed by atoms with van der Waals surface area (Å²) in [7, 11) is 1.13. The normalized spacial score (nSPS) is 13.8. The molecule has 4 N–H and O–H groups in total. The molecule has 0 spiro atoms. The number of nitrogens with one attached hydrogen (secondary N) is 1. The number of rotatable bonds is 5. The predicted octanol–water partition coefficient (Wildman–Crippen LogP) is -1.53. The number of carboxylic acid groups (broad SMARTS) is 1. The zero-order chi connectivity index (χ0) is 12.0. The Kier molecular flexibility index (Phi) is 5.32. The van der Waals surface area contributed by atoms with Gasteiger partial charge in [-0.05, 0) is 6.92 Å². The molecule has 0 fully saturated rings. The van der Waals surface area contributed by atoms with Crippen LogP contribution in [0.5, 0.6) is 0 Å². The molecular formula is C8H14N2O5. The Morgan fingerprint density at radius 3 is 2.33 bits per heavy atom. The number of hydrogen-bond acceptors (Lipinski definition) is 5. The number of hydrogen-bond donors (Lipinski definition) is 3. The molecular weight excluding hydrogens is 204 g/mol. The van der Waals surface area contributed by atoms with E-state index in [0.29, 0.717) is 0 Å². The van der Waals surface area contributed by atoms with Gasteiger partial charge in [0.1, 0.15) is 6.04 Å². The van der Waals surface area contributed by atoms with Crippen molar-refractivity contribution < 1.29 is 24.2 Å². The average Bonchev–Trinajstić information content (AvgIpc) is 2.15. The highest BCUT2D eigenvalue weighted by Crippen LogP contribution is 1.95. The summed E-state index contributed by atoms with van der Waals surface area (Å²) in [4.78, 5) is 32.5. The molecule has 0 aromatic rings. The molecule has 1 unspecified atom stereocenters.